The molecule has 2 aromatic carbocycles. The van der Waals surface area contributed by atoms with Crippen LogP contribution in [0.5, 0.6) is 0 Å². The van der Waals surface area contributed by atoms with Gasteiger partial charge in [-0.3, -0.25) is 14.9 Å². The average molecular weight is 373 g/mol. The summed E-state index contributed by atoms with van der Waals surface area (Å²) in [6.45, 7) is 3.62. The number of nitro groups is 1. The van der Waals surface area contributed by atoms with Crippen LogP contribution in [0.1, 0.15) is 34.6 Å². The molecule has 0 bridgehead atoms. The summed E-state index contributed by atoms with van der Waals surface area (Å²) < 4.78 is 5.73. The highest BCUT2D eigenvalue weighted by molar-refractivity contribution is 6.31. The normalized spacial score (nSPS) is 12.2. The predicted molar refractivity (Wildman–Crippen MR) is 99.6 cm³/mol. The molecule has 0 aliphatic heterocycles. The maximum absolute atomic E-state index is 12.9. The Balaban J connectivity index is 1.93. The first-order chi connectivity index (χ1) is 12.3. The summed E-state index contributed by atoms with van der Waals surface area (Å²) in [4.78, 5) is 24.9. The molecule has 0 N–H and O–H groups in total. The second kappa shape index (κ2) is 6.80. The van der Waals surface area contributed by atoms with Gasteiger partial charge in [0.25, 0.3) is 11.6 Å². The van der Waals surface area contributed by atoms with Crippen LogP contribution in [-0.4, -0.2) is 22.8 Å². The van der Waals surface area contributed by atoms with Crippen molar-refractivity contribution in [2.75, 3.05) is 7.05 Å². The molecule has 0 radical (unpaired) electrons. The third-order valence-corrected chi connectivity index (χ3v) is 4.79. The smallest absolute Gasteiger partial charge is 0.290 e. The summed E-state index contributed by atoms with van der Waals surface area (Å²) in [5.74, 6) is -0.0594. The maximum Gasteiger partial charge on any atom is 0.290 e. The maximum atomic E-state index is 12.9. The van der Waals surface area contributed by atoms with Crippen molar-refractivity contribution in [3.63, 3.8) is 0 Å². The molecule has 0 saturated heterocycles. The second-order valence-electron chi connectivity index (χ2n) is 6.14. The molecule has 134 valence electrons. The lowest BCUT2D eigenvalue weighted by molar-refractivity contribution is -0.384. The van der Waals surface area contributed by atoms with Crippen molar-refractivity contribution in [1.82, 2.24) is 4.90 Å². The number of amides is 1. The summed E-state index contributed by atoms with van der Waals surface area (Å²) in [5.41, 5.74) is 1.97. The van der Waals surface area contributed by atoms with Crippen LogP contribution in [-0.2, 0) is 0 Å². The van der Waals surface area contributed by atoms with Gasteiger partial charge in [-0.1, -0.05) is 23.7 Å². The number of nitrogens with zero attached hydrogens (tertiary/aromatic N) is 2. The number of fused-ring (bicyclic) bond motifs is 1. The highest BCUT2D eigenvalue weighted by atomic mass is 35.5. The van der Waals surface area contributed by atoms with Gasteiger partial charge < -0.3 is 9.32 Å². The van der Waals surface area contributed by atoms with E-state index in [2.05, 4.69) is 0 Å². The molecule has 1 aromatic heterocycles. The molecule has 1 unspecified atom stereocenters. The van der Waals surface area contributed by atoms with Crippen LogP contribution < -0.4 is 0 Å². The summed E-state index contributed by atoms with van der Waals surface area (Å²) in [6, 6.07) is 11.1. The fraction of sp³-hybridized carbons (Fsp3) is 0.211. The number of carbonyl (C=O) groups is 1. The highest BCUT2D eigenvalue weighted by Crippen LogP contribution is 2.30. The number of carbonyl (C=O) groups excluding carboxylic acids is 1. The van der Waals surface area contributed by atoms with E-state index >= 15 is 0 Å². The minimum absolute atomic E-state index is 0.00948. The van der Waals surface area contributed by atoms with Gasteiger partial charge in [-0.05, 0) is 37.6 Å². The van der Waals surface area contributed by atoms with E-state index in [1.54, 1.807) is 44.3 Å². The molecule has 1 atom stereocenters. The van der Waals surface area contributed by atoms with Crippen molar-refractivity contribution in [3.8, 4) is 0 Å². The van der Waals surface area contributed by atoms with Gasteiger partial charge in [0, 0.05) is 35.2 Å². The number of rotatable bonds is 4. The first-order valence-corrected chi connectivity index (χ1v) is 8.37. The number of hydrogen-bond acceptors (Lipinski definition) is 4. The molecule has 0 aliphatic carbocycles. The molecule has 3 aromatic rings. The van der Waals surface area contributed by atoms with Crippen LogP contribution in [0.4, 0.5) is 5.69 Å². The van der Waals surface area contributed by atoms with Crippen molar-refractivity contribution in [1.29, 1.82) is 0 Å². The van der Waals surface area contributed by atoms with Gasteiger partial charge in [0.15, 0.2) is 5.76 Å². The largest absolute Gasteiger partial charge is 0.451 e. The fourth-order valence-electron chi connectivity index (χ4n) is 2.86. The number of aryl methyl sites for hydroxylation is 1. The number of halogens is 1. The molecule has 1 amide bonds. The van der Waals surface area contributed by atoms with Crippen LogP contribution in [0.15, 0.2) is 46.9 Å². The Labute approximate surface area is 155 Å². The van der Waals surface area contributed by atoms with Gasteiger partial charge in [-0.25, -0.2) is 0 Å². The van der Waals surface area contributed by atoms with Crippen LogP contribution in [0, 0.1) is 17.0 Å². The van der Waals surface area contributed by atoms with E-state index in [9.17, 15) is 14.9 Å². The van der Waals surface area contributed by atoms with Crippen LogP contribution in [0.25, 0.3) is 11.0 Å². The van der Waals surface area contributed by atoms with E-state index in [0.717, 1.165) is 5.39 Å². The Bertz CT molecular complexity index is 1010. The highest BCUT2D eigenvalue weighted by Gasteiger charge is 2.25. The molecule has 0 aliphatic rings. The predicted octanol–water partition coefficient (Wildman–Crippen LogP) is 5.14. The second-order valence-corrected chi connectivity index (χ2v) is 6.58. The van der Waals surface area contributed by atoms with Crippen molar-refractivity contribution < 1.29 is 14.1 Å². The van der Waals surface area contributed by atoms with Gasteiger partial charge in [0.05, 0.1) is 11.0 Å². The number of hydrogen-bond donors (Lipinski definition) is 0. The Morgan fingerprint density at radius 1 is 1.27 bits per heavy atom. The summed E-state index contributed by atoms with van der Waals surface area (Å²) in [5, 5.41) is 12.3. The molecule has 0 fully saturated rings. The van der Waals surface area contributed by atoms with E-state index in [1.165, 1.54) is 17.0 Å². The van der Waals surface area contributed by atoms with Gasteiger partial charge in [-0.15, -0.1) is 0 Å². The van der Waals surface area contributed by atoms with E-state index in [-0.39, 0.29) is 23.4 Å². The van der Waals surface area contributed by atoms with E-state index < -0.39 is 4.92 Å². The minimum atomic E-state index is -0.453. The lowest BCUT2D eigenvalue weighted by Crippen LogP contribution is -2.29. The van der Waals surface area contributed by atoms with Crippen LogP contribution in [0.3, 0.4) is 0 Å². The van der Waals surface area contributed by atoms with Gasteiger partial charge in [-0.2, -0.15) is 0 Å². The van der Waals surface area contributed by atoms with Gasteiger partial charge >= 0.3 is 0 Å². The lowest BCUT2D eigenvalue weighted by atomic mass is 10.1. The third kappa shape index (κ3) is 3.15. The van der Waals surface area contributed by atoms with Gasteiger partial charge in [0.1, 0.15) is 5.58 Å². The zero-order valence-electron chi connectivity index (χ0n) is 14.5. The number of nitro benzene ring substituents is 1. The van der Waals surface area contributed by atoms with Crippen molar-refractivity contribution in [2.45, 2.75) is 19.9 Å². The monoisotopic (exact) mass is 372 g/mol. The molecule has 0 spiro atoms. The Morgan fingerprint density at radius 3 is 2.69 bits per heavy atom. The molecule has 26 heavy (non-hydrogen) atoms. The lowest BCUT2D eigenvalue weighted by Gasteiger charge is -2.24. The Morgan fingerprint density at radius 2 is 2.00 bits per heavy atom. The Kier molecular flexibility index (Phi) is 4.70. The number of benzene rings is 2. The average Bonchev–Trinajstić information content (AvgIpc) is 2.96. The number of non-ortho nitro benzene ring substituents is 1. The first-order valence-electron chi connectivity index (χ1n) is 7.99. The van der Waals surface area contributed by atoms with Gasteiger partial charge in [0.2, 0.25) is 0 Å². The molecular formula is C19H17ClN2O4. The van der Waals surface area contributed by atoms with E-state index in [1.807, 2.05) is 6.92 Å². The summed E-state index contributed by atoms with van der Waals surface area (Å²) in [6.07, 6.45) is 0. The van der Waals surface area contributed by atoms with E-state index in [0.29, 0.717) is 21.7 Å². The molecule has 7 heteroatoms. The quantitative estimate of drug-likeness (QED) is 0.469. The van der Waals surface area contributed by atoms with Crippen molar-refractivity contribution >= 4 is 34.2 Å². The van der Waals surface area contributed by atoms with Crippen LogP contribution >= 0.6 is 11.6 Å². The zero-order valence-corrected chi connectivity index (χ0v) is 15.3. The molecule has 3 rings (SSSR count). The Hall–Kier alpha value is -2.86. The first kappa shape index (κ1) is 17.9. The van der Waals surface area contributed by atoms with Crippen molar-refractivity contribution in [2.24, 2.45) is 0 Å². The summed E-state index contributed by atoms with van der Waals surface area (Å²) >= 11 is 6.02. The molecule has 0 saturated carbocycles. The van der Waals surface area contributed by atoms with Crippen LogP contribution in [0.2, 0.25) is 5.02 Å². The molecule has 6 nitrogen and oxygen atoms in total. The van der Waals surface area contributed by atoms with E-state index in [4.69, 9.17) is 16.0 Å². The summed E-state index contributed by atoms with van der Waals surface area (Å²) in [7, 11) is 1.64. The minimum Gasteiger partial charge on any atom is -0.451 e. The van der Waals surface area contributed by atoms with Crippen molar-refractivity contribution in [3.05, 3.63) is 74.5 Å². The molecular weight excluding hydrogens is 356 g/mol. The fourth-order valence-corrected chi connectivity index (χ4v) is 3.03. The SMILES string of the molecule is Cc1c(C(=O)N(C)C(C)c2cccc([N+](=O)[O-])c2)oc2ccc(Cl)cc12. The standard InChI is InChI=1S/C19H17ClN2O4/c1-11-16-10-14(20)7-8-17(16)26-18(11)19(23)21(3)12(2)13-5-4-6-15(9-13)22(24)25/h4-10,12H,1-3H3. The number of furan rings is 1. The zero-order chi connectivity index (χ0) is 19.0. The topological polar surface area (TPSA) is 76.6 Å². The third-order valence-electron chi connectivity index (χ3n) is 4.56. The molecule has 1 heterocycles.